The number of amides is 3. The van der Waals surface area contributed by atoms with Gasteiger partial charge < -0.3 is 5.32 Å². The number of urea groups is 1. The quantitative estimate of drug-likeness (QED) is 0.602. The van der Waals surface area contributed by atoms with Gasteiger partial charge in [0.05, 0.1) is 11.2 Å². The third-order valence-electron chi connectivity index (χ3n) is 4.40. The molecule has 138 valence electrons. The van der Waals surface area contributed by atoms with E-state index >= 15 is 0 Å². The Kier molecular flexibility index (Phi) is 5.72. The Hall–Kier alpha value is -2.92. The van der Waals surface area contributed by atoms with Crippen molar-refractivity contribution in [1.29, 1.82) is 0 Å². The number of imide groups is 1. The van der Waals surface area contributed by atoms with Crippen LogP contribution in [0, 0.1) is 0 Å². The first kappa shape index (κ1) is 18.9. The first-order valence-corrected chi connectivity index (χ1v) is 9.03. The predicted molar refractivity (Wildman–Crippen MR) is 107 cm³/mol. The SMILES string of the molecule is C[C@]1(CCc2ccccc2)NC(=O)N(N=C/C(Cl)=C/c2ccccc2)C1=O. The molecule has 2 aromatic carbocycles. The van der Waals surface area contributed by atoms with Crippen molar-refractivity contribution in [1.82, 2.24) is 10.3 Å². The lowest BCUT2D eigenvalue weighted by Crippen LogP contribution is -2.44. The number of carbonyl (C=O) groups is 2. The number of rotatable bonds is 6. The Morgan fingerprint density at radius 1 is 1.11 bits per heavy atom. The van der Waals surface area contributed by atoms with Gasteiger partial charge in [0.15, 0.2) is 0 Å². The van der Waals surface area contributed by atoms with Crippen molar-refractivity contribution in [3.63, 3.8) is 0 Å². The van der Waals surface area contributed by atoms with Gasteiger partial charge >= 0.3 is 6.03 Å². The molecular weight excluding hydrogens is 362 g/mol. The van der Waals surface area contributed by atoms with E-state index in [1.165, 1.54) is 6.21 Å². The van der Waals surface area contributed by atoms with Crippen molar-refractivity contribution >= 4 is 35.8 Å². The Balaban J connectivity index is 1.67. The number of aryl methyl sites for hydroxylation is 1. The fourth-order valence-electron chi connectivity index (χ4n) is 2.84. The number of nitrogens with zero attached hydrogens (tertiary/aromatic N) is 2. The first-order valence-electron chi connectivity index (χ1n) is 8.65. The second kappa shape index (κ2) is 8.18. The Morgan fingerprint density at radius 3 is 2.41 bits per heavy atom. The van der Waals surface area contributed by atoms with Crippen LogP contribution in [0.4, 0.5) is 4.79 Å². The average Bonchev–Trinajstić information content (AvgIpc) is 2.89. The molecule has 1 heterocycles. The molecule has 3 rings (SSSR count). The second-order valence-corrected chi connectivity index (χ2v) is 6.99. The van der Waals surface area contributed by atoms with Gasteiger partial charge in [0.2, 0.25) is 0 Å². The number of hydrazone groups is 1. The number of hydrogen-bond donors (Lipinski definition) is 1. The molecule has 6 heteroatoms. The van der Waals surface area contributed by atoms with E-state index in [0.29, 0.717) is 17.9 Å². The standard InChI is InChI=1S/C21H20ClN3O2/c1-21(13-12-16-8-4-2-5-9-16)19(26)25(20(27)24-21)23-15-18(22)14-17-10-6-3-7-11-17/h2-11,14-15H,12-13H2,1H3,(H,24,27)/b18-14-,23-15?/t21-/m1/s1. The monoisotopic (exact) mass is 381 g/mol. The van der Waals surface area contributed by atoms with Crippen molar-refractivity contribution in [3.05, 3.63) is 76.8 Å². The summed E-state index contributed by atoms with van der Waals surface area (Å²) in [6.45, 7) is 1.72. The zero-order chi connectivity index (χ0) is 19.3. The number of halogens is 1. The molecule has 0 unspecified atom stereocenters. The van der Waals surface area contributed by atoms with Gasteiger partial charge in [0.25, 0.3) is 5.91 Å². The summed E-state index contributed by atoms with van der Waals surface area (Å²) in [6, 6.07) is 18.8. The highest BCUT2D eigenvalue weighted by Gasteiger charge is 2.47. The molecule has 0 radical (unpaired) electrons. The molecule has 1 fully saturated rings. The minimum atomic E-state index is -0.986. The van der Waals surface area contributed by atoms with Crippen LogP contribution < -0.4 is 5.32 Å². The lowest BCUT2D eigenvalue weighted by atomic mass is 9.93. The van der Waals surface area contributed by atoms with Crippen molar-refractivity contribution < 1.29 is 9.59 Å². The zero-order valence-corrected chi connectivity index (χ0v) is 15.7. The van der Waals surface area contributed by atoms with Crippen LogP contribution in [0.1, 0.15) is 24.5 Å². The van der Waals surface area contributed by atoms with Crippen molar-refractivity contribution in [2.45, 2.75) is 25.3 Å². The Bertz CT molecular complexity index is 881. The van der Waals surface area contributed by atoms with Crippen LogP contribution in [0.3, 0.4) is 0 Å². The van der Waals surface area contributed by atoms with Crippen LogP contribution >= 0.6 is 11.6 Å². The van der Waals surface area contributed by atoms with Gasteiger partial charge in [-0.15, -0.1) is 5.01 Å². The maximum absolute atomic E-state index is 12.7. The number of carbonyl (C=O) groups excluding carboxylic acids is 2. The molecule has 5 nitrogen and oxygen atoms in total. The van der Waals surface area contributed by atoms with Gasteiger partial charge in [-0.1, -0.05) is 72.3 Å². The molecular formula is C21H20ClN3O2. The Morgan fingerprint density at radius 2 is 1.74 bits per heavy atom. The van der Waals surface area contributed by atoms with Crippen LogP contribution in [0.2, 0.25) is 0 Å². The molecule has 0 spiro atoms. The number of allylic oxidation sites excluding steroid dienone is 1. The topological polar surface area (TPSA) is 61.8 Å². The van der Waals surface area contributed by atoms with Crippen molar-refractivity contribution in [2.75, 3.05) is 0 Å². The summed E-state index contributed by atoms with van der Waals surface area (Å²) >= 11 is 6.14. The van der Waals surface area contributed by atoms with E-state index in [2.05, 4.69) is 10.4 Å². The molecule has 0 bridgehead atoms. The first-order chi connectivity index (χ1) is 13.0. The molecule has 0 aliphatic carbocycles. The lowest BCUT2D eigenvalue weighted by molar-refractivity contribution is -0.130. The van der Waals surface area contributed by atoms with Gasteiger partial charge in [0, 0.05) is 0 Å². The molecule has 27 heavy (non-hydrogen) atoms. The van der Waals surface area contributed by atoms with E-state index in [1.807, 2.05) is 60.7 Å². The van der Waals surface area contributed by atoms with Crippen molar-refractivity contribution in [3.8, 4) is 0 Å². The third-order valence-corrected chi connectivity index (χ3v) is 4.60. The molecule has 1 N–H and O–H groups in total. The van der Waals surface area contributed by atoms with E-state index in [1.54, 1.807) is 13.0 Å². The molecule has 1 aliphatic rings. The lowest BCUT2D eigenvalue weighted by Gasteiger charge is -2.20. The molecule has 1 aliphatic heterocycles. The minimum absolute atomic E-state index is 0.319. The molecule has 3 amide bonds. The summed E-state index contributed by atoms with van der Waals surface area (Å²) in [5.74, 6) is -0.385. The summed E-state index contributed by atoms with van der Waals surface area (Å²) in [6.07, 6.45) is 4.17. The van der Waals surface area contributed by atoms with E-state index < -0.39 is 11.6 Å². The van der Waals surface area contributed by atoms with Gasteiger partial charge in [-0.2, -0.15) is 5.10 Å². The molecule has 2 aromatic rings. The van der Waals surface area contributed by atoms with E-state index in [4.69, 9.17) is 11.6 Å². The minimum Gasteiger partial charge on any atom is -0.322 e. The van der Waals surface area contributed by atoms with Gasteiger partial charge in [0.1, 0.15) is 5.54 Å². The third kappa shape index (κ3) is 4.63. The van der Waals surface area contributed by atoms with Gasteiger partial charge in [-0.25, -0.2) is 4.79 Å². The fraction of sp³-hybridized carbons (Fsp3) is 0.190. The number of benzene rings is 2. The highest BCUT2D eigenvalue weighted by Crippen LogP contribution is 2.23. The van der Waals surface area contributed by atoms with Crippen LogP contribution in [0.5, 0.6) is 0 Å². The van der Waals surface area contributed by atoms with Crippen LogP contribution in [0.15, 0.2) is 70.8 Å². The Labute approximate surface area is 163 Å². The van der Waals surface area contributed by atoms with E-state index in [0.717, 1.165) is 16.1 Å². The van der Waals surface area contributed by atoms with E-state index in [-0.39, 0.29) is 5.91 Å². The highest BCUT2D eigenvalue weighted by molar-refractivity contribution is 6.41. The van der Waals surface area contributed by atoms with Gasteiger partial charge in [-0.3, -0.25) is 4.79 Å². The number of hydrogen-bond acceptors (Lipinski definition) is 3. The summed E-state index contributed by atoms with van der Waals surface area (Å²) < 4.78 is 0. The van der Waals surface area contributed by atoms with Crippen LogP contribution in [-0.4, -0.2) is 28.7 Å². The van der Waals surface area contributed by atoms with E-state index in [9.17, 15) is 9.59 Å². The average molecular weight is 382 g/mol. The largest absolute Gasteiger partial charge is 0.346 e. The highest BCUT2D eigenvalue weighted by atomic mass is 35.5. The number of nitrogens with one attached hydrogen (secondary N) is 1. The predicted octanol–water partition coefficient (Wildman–Crippen LogP) is 4.20. The summed E-state index contributed by atoms with van der Waals surface area (Å²) in [4.78, 5) is 24.9. The normalized spacial score (nSPS) is 20.4. The van der Waals surface area contributed by atoms with Crippen LogP contribution in [-0.2, 0) is 11.2 Å². The summed E-state index contributed by atoms with van der Waals surface area (Å²) in [5, 5.41) is 7.87. The maximum atomic E-state index is 12.7. The van der Waals surface area contributed by atoms with Gasteiger partial charge in [-0.05, 0) is 37.0 Å². The molecule has 1 atom stereocenters. The summed E-state index contributed by atoms with van der Waals surface area (Å²) in [7, 11) is 0. The zero-order valence-electron chi connectivity index (χ0n) is 14.9. The van der Waals surface area contributed by atoms with Crippen LogP contribution in [0.25, 0.3) is 6.08 Å². The molecule has 0 aromatic heterocycles. The maximum Gasteiger partial charge on any atom is 0.346 e. The molecule has 0 saturated carbocycles. The fourth-order valence-corrected chi connectivity index (χ4v) is 3.01. The molecule has 1 saturated heterocycles. The smallest absolute Gasteiger partial charge is 0.322 e. The summed E-state index contributed by atoms with van der Waals surface area (Å²) in [5.41, 5.74) is 1.02. The second-order valence-electron chi connectivity index (χ2n) is 6.55. The van der Waals surface area contributed by atoms with Crippen molar-refractivity contribution in [2.24, 2.45) is 5.10 Å².